The van der Waals surface area contributed by atoms with E-state index in [4.69, 9.17) is 9.84 Å². The van der Waals surface area contributed by atoms with E-state index >= 15 is 0 Å². The number of aryl methyl sites for hydroxylation is 1. The SMILES string of the molecule is Cc1nnc(SCCCOc2ccc(C(=O)O)cc2)s1. The van der Waals surface area contributed by atoms with Crippen molar-refractivity contribution in [1.29, 1.82) is 0 Å². The maximum atomic E-state index is 10.7. The zero-order valence-corrected chi connectivity index (χ0v) is 12.5. The van der Waals surface area contributed by atoms with Gasteiger partial charge in [0.15, 0.2) is 4.34 Å². The summed E-state index contributed by atoms with van der Waals surface area (Å²) in [6, 6.07) is 6.42. The molecule has 1 aromatic carbocycles. The van der Waals surface area contributed by atoms with Gasteiger partial charge in [0.1, 0.15) is 10.8 Å². The molecule has 2 rings (SSSR count). The molecule has 7 heteroatoms. The molecule has 106 valence electrons. The van der Waals surface area contributed by atoms with E-state index in [0.717, 1.165) is 21.5 Å². The number of aromatic carboxylic acids is 1. The number of nitrogens with zero attached hydrogens (tertiary/aromatic N) is 2. The van der Waals surface area contributed by atoms with Gasteiger partial charge in [0.2, 0.25) is 0 Å². The van der Waals surface area contributed by atoms with E-state index in [-0.39, 0.29) is 5.56 Å². The first-order chi connectivity index (χ1) is 9.65. The number of carbonyl (C=O) groups is 1. The molecule has 0 atom stereocenters. The predicted molar refractivity (Wildman–Crippen MR) is 78.9 cm³/mol. The molecule has 0 saturated heterocycles. The van der Waals surface area contributed by atoms with Crippen LogP contribution in [0, 0.1) is 6.92 Å². The Morgan fingerprint density at radius 2 is 2.10 bits per heavy atom. The van der Waals surface area contributed by atoms with Crippen LogP contribution in [0.1, 0.15) is 21.8 Å². The average Bonchev–Trinajstić information content (AvgIpc) is 2.84. The lowest BCUT2D eigenvalue weighted by Gasteiger charge is -2.05. The second kappa shape index (κ2) is 7.25. The van der Waals surface area contributed by atoms with Crippen molar-refractivity contribution in [3.8, 4) is 5.75 Å². The first kappa shape index (κ1) is 14.8. The summed E-state index contributed by atoms with van der Waals surface area (Å²) in [5.41, 5.74) is 0.263. The summed E-state index contributed by atoms with van der Waals surface area (Å²) < 4.78 is 6.52. The van der Waals surface area contributed by atoms with E-state index in [2.05, 4.69) is 10.2 Å². The largest absolute Gasteiger partial charge is 0.494 e. The minimum Gasteiger partial charge on any atom is -0.494 e. The van der Waals surface area contributed by atoms with Crippen molar-refractivity contribution in [3.05, 3.63) is 34.8 Å². The average molecular weight is 310 g/mol. The number of carboxylic acid groups (broad SMARTS) is 1. The van der Waals surface area contributed by atoms with Crippen LogP contribution in [-0.2, 0) is 0 Å². The minimum atomic E-state index is -0.930. The fourth-order valence-corrected chi connectivity index (χ4v) is 3.24. The molecule has 0 unspecified atom stereocenters. The molecule has 2 aromatic rings. The number of hydrogen-bond acceptors (Lipinski definition) is 6. The number of ether oxygens (including phenoxy) is 1. The molecule has 1 N–H and O–H groups in total. The van der Waals surface area contributed by atoms with E-state index in [1.807, 2.05) is 6.92 Å². The minimum absolute atomic E-state index is 0.263. The summed E-state index contributed by atoms with van der Waals surface area (Å²) in [6.45, 7) is 2.53. The Kier molecular flexibility index (Phi) is 5.37. The van der Waals surface area contributed by atoms with Crippen LogP contribution in [0.5, 0.6) is 5.75 Å². The van der Waals surface area contributed by atoms with Crippen LogP contribution in [0.2, 0.25) is 0 Å². The number of rotatable bonds is 7. The molecule has 5 nitrogen and oxygen atoms in total. The highest BCUT2D eigenvalue weighted by Crippen LogP contribution is 2.22. The lowest BCUT2D eigenvalue weighted by atomic mass is 10.2. The normalized spacial score (nSPS) is 10.4. The van der Waals surface area contributed by atoms with Gasteiger partial charge in [-0.3, -0.25) is 0 Å². The van der Waals surface area contributed by atoms with Gasteiger partial charge in [0.05, 0.1) is 12.2 Å². The van der Waals surface area contributed by atoms with Gasteiger partial charge in [-0.15, -0.1) is 10.2 Å². The Morgan fingerprint density at radius 1 is 1.35 bits per heavy atom. The van der Waals surface area contributed by atoms with Crippen molar-refractivity contribution < 1.29 is 14.6 Å². The molecule has 0 aliphatic carbocycles. The van der Waals surface area contributed by atoms with Crippen LogP contribution in [0.15, 0.2) is 28.6 Å². The van der Waals surface area contributed by atoms with E-state index in [0.29, 0.717) is 12.4 Å². The number of hydrogen-bond donors (Lipinski definition) is 1. The predicted octanol–water partition coefficient (Wildman–Crippen LogP) is 3.11. The summed E-state index contributed by atoms with van der Waals surface area (Å²) in [4.78, 5) is 10.7. The number of carboxylic acids is 1. The van der Waals surface area contributed by atoms with Gasteiger partial charge in [0.25, 0.3) is 0 Å². The van der Waals surface area contributed by atoms with Crippen molar-refractivity contribution in [2.24, 2.45) is 0 Å². The highest BCUT2D eigenvalue weighted by atomic mass is 32.2. The first-order valence-corrected chi connectivity index (χ1v) is 7.84. The molecule has 0 aliphatic heterocycles. The van der Waals surface area contributed by atoms with Crippen molar-refractivity contribution in [3.63, 3.8) is 0 Å². The summed E-state index contributed by atoms with van der Waals surface area (Å²) >= 11 is 3.26. The van der Waals surface area contributed by atoms with E-state index < -0.39 is 5.97 Å². The molecule has 0 spiro atoms. The quantitative estimate of drug-likeness (QED) is 0.626. The van der Waals surface area contributed by atoms with E-state index in [1.54, 1.807) is 35.2 Å². The van der Waals surface area contributed by atoms with E-state index in [9.17, 15) is 4.79 Å². The summed E-state index contributed by atoms with van der Waals surface area (Å²) in [7, 11) is 0. The molecule has 1 aromatic heterocycles. The third-order valence-corrected chi connectivity index (χ3v) is 4.45. The van der Waals surface area contributed by atoms with Crippen molar-refractivity contribution in [2.45, 2.75) is 17.7 Å². The maximum absolute atomic E-state index is 10.7. The zero-order chi connectivity index (χ0) is 14.4. The Morgan fingerprint density at radius 3 is 2.70 bits per heavy atom. The van der Waals surface area contributed by atoms with Gasteiger partial charge in [0, 0.05) is 5.75 Å². The molecule has 0 bridgehead atoms. The smallest absolute Gasteiger partial charge is 0.335 e. The van der Waals surface area contributed by atoms with Crippen LogP contribution < -0.4 is 4.74 Å². The van der Waals surface area contributed by atoms with Gasteiger partial charge in [-0.25, -0.2) is 4.79 Å². The fourth-order valence-electron chi connectivity index (χ4n) is 1.44. The molecule has 20 heavy (non-hydrogen) atoms. The van der Waals surface area contributed by atoms with Crippen molar-refractivity contribution in [1.82, 2.24) is 10.2 Å². The third kappa shape index (κ3) is 4.50. The monoisotopic (exact) mass is 310 g/mol. The molecule has 1 heterocycles. The lowest BCUT2D eigenvalue weighted by Crippen LogP contribution is -2.00. The zero-order valence-electron chi connectivity index (χ0n) is 10.9. The first-order valence-electron chi connectivity index (χ1n) is 6.04. The molecule has 0 amide bonds. The second-order valence-electron chi connectivity index (χ2n) is 3.97. The van der Waals surface area contributed by atoms with Gasteiger partial charge < -0.3 is 9.84 Å². The fraction of sp³-hybridized carbons (Fsp3) is 0.308. The van der Waals surface area contributed by atoms with Gasteiger partial charge in [-0.05, 0) is 37.6 Å². The lowest BCUT2D eigenvalue weighted by molar-refractivity contribution is 0.0697. The summed E-state index contributed by atoms with van der Waals surface area (Å²) in [5, 5.41) is 17.7. The van der Waals surface area contributed by atoms with Crippen molar-refractivity contribution in [2.75, 3.05) is 12.4 Å². The van der Waals surface area contributed by atoms with Crippen LogP contribution >= 0.6 is 23.1 Å². The number of benzene rings is 1. The van der Waals surface area contributed by atoms with Crippen LogP contribution in [-0.4, -0.2) is 33.6 Å². The second-order valence-corrected chi connectivity index (χ2v) is 6.49. The molecular formula is C13H14N2O3S2. The maximum Gasteiger partial charge on any atom is 0.335 e. The standard InChI is InChI=1S/C13H14N2O3S2/c1-9-14-15-13(20-9)19-8-2-7-18-11-5-3-10(4-6-11)12(16)17/h3-6H,2,7-8H2,1H3,(H,16,17). The number of thioether (sulfide) groups is 1. The molecular weight excluding hydrogens is 296 g/mol. The molecule has 0 radical (unpaired) electrons. The van der Waals surface area contributed by atoms with Crippen LogP contribution in [0.3, 0.4) is 0 Å². The van der Waals surface area contributed by atoms with Crippen LogP contribution in [0.4, 0.5) is 0 Å². The Labute approximate surface area is 125 Å². The summed E-state index contributed by atoms with van der Waals surface area (Å²) in [5.74, 6) is 0.675. The van der Waals surface area contributed by atoms with Crippen LogP contribution in [0.25, 0.3) is 0 Å². The highest BCUT2D eigenvalue weighted by molar-refractivity contribution is 8.01. The number of aromatic nitrogens is 2. The Balaban J connectivity index is 1.66. The van der Waals surface area contributed by atoms with Gasteiger partial charge in [-0.2, -0.15) is 0 Å². The summed E-state index contributed by atoms with van der Waals surface area (Å²) in [6.07, 6.45) is 0.893. The molecule has 0 aliphatic rings. The topological polar surface area (TPSA) is 72.3 Å². The molecule has 0 saturated carbocycles. The third-order valence-electron chi connectivity index (χ3n) is 2.39. The highest BCUT2D eigenvalue weighted by Gasteiger charge is 2.03. The molecule has 0 fully saturated rings. The van der Waals surface area contributed by atoms with E-state index in [1.165, 1.54) is 12.1 Å². The Bertz CT molecular complexity index is 569. The Hall–Kier alpha value is -1.60. The van der Waals surface area contributed by atoms with Gasteiger partial charge >= 0.3 is 5.97 Å². The van der Waals surface area contributed by atoms with Gasteiger partial charge in [-0.1, -0.05) is 23.1 Å². The van der Waals surface area contributed by atoms with Crippen molar-refractivity contribution >= 4 is 29.1 Å².